The van der Waals surface area contributed by atoms with E-state index in [2.05, 4.69) is 86.1 Å². The van der Waals surface area contributed by atoms with Crippen LogP contribution in [-0.4, -0.2) is 216 Å². The molecule has 1 aromatic carbocycles. The highest BCUT2D eigenvalue weighted by atomic mass is 79.9. The van der Waals surface area contributed by atoms with Crippen LogP contribution in [0.2, 0.25) is 0 Å². The number of benzene rings is 1. The van der Waals surface area contributed by atoms with Crippen LogP contribution in [0.3, 0.4) is 0 Å². The number of allylic oxidation sites excluding steroid dienone is 11. The molecule has 0 spiro atoms. The van der Waals surface area contributed by atoms with Crippen molar-refractivity contribution >= 4 is 114 Å². The molecule has 0 aliphatic carbocycles. The Bertz CT molecular complexity index is 2550. The van der Waals surface area contributed by atoms with E-state index in [1.54, 1.807) is 6.92 Å². The summed E-state index contributed by atoms with van der Waals surface area (Å²) >= 11 is 18.3. The molecule has 7 N–H and O–H groups in total. The third-order valence-corrected chi connectivity index (χ3v) is 13.3. The highest BCUT2D eigenvalue weighted by molar-refractivity contribution is 9.09. The van der Waals surface area contributed by atoms with Crippen LogP contribution in [0.5, 0.6) is 0 Å². The molecule has 0 saturated carbocycles. The molecule has 0 aliphatic rings. The third-order valence-electron chi connectivity index (χ3n) is 11.4. The monoisotopic (exact) mass is 1820 g/mol. The number of alkyl halides is 4. The summed E-state index contributed by atoms with van der Waals surface area (Å²) in [5.41, 5.74) is 0.0931. The molecule has 1 aromatic rings. The highest BCUT2D eigenvalue weighted by Gasteiger charge is 2.16. The summed E-state index contributed by atoms with van der Waals surface area (Å²) in [4.78, 5) is 84.0. The number of carboxylic acid groups (broad SMARTS) is 2. The van der Waals surface area contributed by atoms with E-state index in [1.807, 2.05) is 165 Å². The second-order valence-electron chi connectivity index (χ2n) is 24.7. The molecule has 0 fully saturated rings. The third kappa shape index (κ3) is 160. The molecule has 0 radical (unpaired) electrons. The van der Waals surface area contributed by atoms with Crippen LogP contribution < -0.4 is 5.32 Å². The summed E-state index contributed by atoms with van der Waals surface area (Å²) in [5.74, 6) is -0.924. The normalized spacial score (nSPS) is 10.9. The Morgan fingerprint density at radius 2 is 0.878 bits per heavy atom. The zero-order valence-electron chi connectivity index (χ0n) is 71.1. The molecule has 1 amide bonds. The first-order valence-electron chi connectivity index (χ1n) is 38.7. The summed E-state index contributed by atoms with van der Waals surface area (Å²) in [7, 11) is 0. The maximum absolute atomic E-state index is 11.4. The van der Waals surface area contributed by atoms with Crippen molar-refractivity contribution in [1.82, 2.24) is 5.32 Å². The van der Waals surface area contributed by atoms with Gasteiger partial charge in [-0.15, -0.1) is 23.2 Å². The number of esters is 2. The standard InChI is InChI=1S/C17H24O3.C15H26O5.C10H19NO2.C10H20O4.C8H16O2.C7H12O2.C7H12OS.C4H6Br2.C4H6Cl2.C4H4O4/c1-2-3-4-5-6-7-11-14-19-17(18)20-15-16-12-9-8-10-13-16;1-13(16)7-11-18-9-5-6-10-19-12-8-14(17)20-15(2,3)4;1-5-6-7-8-11-9(12)13-10(2,3)4;11-5-3-9-13-7-1-2-8-14-10-4-6-12;9-7-5-3-1-2-4-6-8-10;2*1-3-4-5-6-9-7(2)8;2*5-3-1-2-4-6;5-3(6)1-2-4(7)8/h5-6,8-10,12-13H,2-4,7,11,14-15H2,1H3;5-6H,7-12H2,1-4H3;6-7H,5,8H2,1-4H3,(H,11,12);1-2,11-12H,3-10H2;1-2,9-10H,3-8H2;2*4-5H,3,6H2,1-2H3;2*1-2H,3-4H2;1-2H,(H,5,6)(H,7,8)/b2*6-5-;7-6-;2*2-1-;5-4-;5-4+;2-1+;2*2-1-. The smallest absolute Gasteiger partial charge is 0.478 e. The average Bonchev–Trinajstić information content (AvgIpc) is 0.963. The van der Waals surface area contributed by atoms with Gasteiger partial charge in [0.2, 0.25) is 0 Å². The van der Waals surface area contributed by atoms with Crippen molar-refractivity contribution in [3.8, 4) is 0 Å². The molecule has 0 bridgehead atoms. The van der Waals surface area contributed by atoms with Crippen molar-refractivity contribution in [3.05, 3.63) is 157 Å². The molecular formula is C86H145Br2Cl2NO23S. The van der Waals surface area contributed by atoms with Gasteiger partial charge in [0.05, 0.1) is 52.7 Å². The Balaban J connectivity index is -0.000000159. The van der Waals surface area contributed by atoms with Crippen LogP contribution in [0, 0.1) is 0 Å². The van der Waals surface area contributed by atoms with Gasteiger partial charge >= 0.3 is 36.1 Å². The first-order chi connectivity index (χ1) is 54.9. The van der Waals surface area contributed by atoms with Gasteiger partial charge in [0.1, 0.15) is 30.2 Å². The first kappa shape index (κ1) is 127. The Morgan fingerprint density at radius 1 is 0.461 bits per heavy atom. The molecule has 24 nitrogen and oxygen atoms in total. The maximum atomic E-state index is 11.4. The number of unbranched alkanes of at least 4 members (excludes halogenated alkanes) is 5. The molecule has 1 rings (SSSR count). The number of ketones is 1. The van der Waals surface area contributed by atoms with E-state index in [1.165, 1.54) is 38.5 Å². The van der Waals surface area contributed by atoms with E-state index in [4.69, 9.17) is 91.7 Å². The van der Waals surface area contributed by atoms with Crippen LogP contribution in [0.1, 0.15) is 198 Å². The van der Waals surface area contributed by atoms with Gasteiger partial charge in [0.15, 0.2) is 5.12 Å². The lowest BCUT2D eigenvalue weighted by Crippen LogP contribution is -2.32. The number of nitrogens with one attached hydrogen (secondary N) is 1. The van der Waals surface area contributed by atoms with E-state index < -0.39 is 29.3 Å². The van der Waals surface area contributed by atoms with Gasteiger partial charge in [0, 0.05) is 107 Å². The second-order valence-corrected chi connectivity index (χ2v) is 27.8. The highest BCUT2D eigenvalue weighted by Crippen LogP contribution is 2.09. The number of halogens is 4. The van der Waals surface area contributed by atoms with Gasteiger partial charge in [-0.25, -0.2) is 19.2 Å². The number of amides is 1. The van der Waals surface area contributed by atoms with E-state index >= 15 is 0 Å². The Hall–Kier alpha value is -6.05. The number of carboxylic acids is 2. The lowest BCUT2D eigenvalue weighted by atomic mass is 10.2. The number of hydrogen-bond acceptors (Lipinski definition) is 22. The minimum Gasteiger partial charge on any atom is -0.478 e. The van der Waals surface area contributed by atoms with Crippen LogP contribution in [0.25, 0.3) is 0 Å². The lowest BCUT2D eigenvalue weighted by molar-refractivity contribution is -0.156. The summed E-state index contributed by atoms with van der Waals surface area (Å²) in [6, 6.07) is 9.57. The van der Waals surface area contributed by atoms with E-state index in [0.29, 0.717) is 116 Å². The van der Waals surface area contributed by atoms with Crippen LogP contribution in [0.15, 0.2) is 152 Å². The summed E-state index contributed by atoms with van der Waals surface area (Å²) in [5, 5.41) is 54.0. The summed E-state index contributed by atoms with van der Waals surface area (Å²) in [6.45, 7) is 30.4. The SMILES string of the molecule is BrC/C=C/CBr.CC(=O)CCOC/C=C\COCCC(=O)OC(C)(C)C.CC/C=C/CSC(C)=O.CC/C=C\CNC(=O)OC(C)(C)C.CC/C=C\COC(C)=O.CCCC/C=C\CCCOC(=O)OCc1ccccc1.ClC/C=C\CCl.O=C(O)/C=C\C(=O)O.OCCC/C=C\CCCO.OCCCOC/C=C\COCCCO. The molecule has 115 heavy (non-hydrogen) atoms. The number of aliphatic hydroxyl groups excluding tert-OH is 4. The predicted octanol–water partition coefficient (Wildman–Crippen LogP) is 18.9. The molecule has 0 heterocycles. The quantitative estimate of drug-likeness (QED) is 0.00795. The largest absolute Gasteiger partial charge is 0.508 e. The van der Waals surface area contributed by atoms with Gasteiger partial charge < -0.3 is 78.6 Å². The zero-order chi connectivity index (χ0) is 88.8. The minimum absolute atomic E-state index is 0.124. The Kier molecular flexibility index (Phi) is 122. The molecule has 0 aliphatic heterocycles. The van der Waals surface area contributed by atoms with Crippen molar-refractivity contribution in [1.29, 1.82) is 0 Å². The number of hydrogen-bond donors (Lipinski definition) is 7. The number of aliphatic hydroxyl groups is 4. The zero-order valence-corrected chi connectivity index (χ0v) is 76.6. The number of alkyl carbamates (subject to hydrolysis) is 1. The molecule has 666 valence electrons. The minimum atomic E-state index is -1.26. The average molecular weight is 1820 g/mol. The van der Waals surface area contributed by atoms with Gasteiger partial charge in [0.25, 0.3) is 0 Å². The lowest BCUT2D eigenvalue weighted by Gasteiger charge is -2.19. The molecular weight excluding hydrogens is 1680 g/mol. The fourth-order valence-corrected chi connectivity index (χ4v) is 7.45. The molecule has 0 saturated heterocycles. The molecule has 0 atom stereocenters. The topological polar surface area (TPSA) is 353 Å². The predicted molar refractivity (Wildman–Crippen MR) is 477 cm³/mol. The number of aliphatic carboxylic acids is 2. The first-order valence-corrected chi connectivity index (χ1v) is 43.0. The van der Waals surface area contributed by atoms with Gasteiger partial charge in [-0.05, 0) is 131 Å². The number of thioether (sulfide) groups is 1. The van der Waals surface area contributed by atoms with Gasteiger partial charge in [-0.1, -0.05) is 224 Å². The van der Waals surface area contributed by atoms with E-state index in [0.717, 1.165) is 86.2 Å². The molecule has 0 unspecified atom stereocenters. The number of ether oxygens (including phenoxy) is 9. The van der Waals surface area contributed by atoms with Crippen LogP contribution in [0.4, 0.5) is 9.59 Å². The molecule has 29 heteroatoms. The van der Waals surface area contributed by atoms with E-state index in [-0.39, 0.29) is 68.4 Å². The van der Waals surface area contributed by atoms with Crippen molar-refractivity contribution in [2.75, 3.05) is 127 Å². The number of Topliss-reactive ketones (excluding diaryl/α,β-unsaturated/α-hetero) is 1. The van der Waals surface area contributed by atoms with Crippen molar-refractivity contribution < 1.29 is 112 Å². The van der Waals surface area contributed by atoms with Crippen molar-refractivity contribution in [2.45, 2.75) is 211 Å². The van der Waals surface area contributed by atoms with Crippen molar-refractivity contribution in [2.24, 2.45) is 0 Å². The Labute approximate surface area is 721 Å². The number of rotatable bonds is 50. The van der Waals surface area contributed by atoms with E-state index in [9.17, 15) is 38.4 Å². The number of carbonyl (C=O) groups excluding carboxylic acids is 6. The fraction of sp³-hybridized carbons (Fsp3) is 0.605. The van der Waals surface area contributed by atoms with Gasteiger partial charge in [-0.3, -0.25) is 19.2 Å². The fourth-order valence-electron chi connectivity index (χ4n) is 6.20. The van der Waals surface area contributed by atoms with Crippen molar-refractivity contribution in [3.63, 3.8) is 0 Å². The summed E-state index contributed by atoms with van der Waals surface area (Å²) < 4.78 is 45.6. The second kappa shape index (κ2) is 110. The van der Waals surface area contributed by atoms with Crippen LogP contribution in [-0.2, 0) is 78.0 Å². The Morgan fingerprint density at radius 3 is 1.27 bits per heavy atom. The number of carbonyl (C=O) groups is 8. The maximum Gasteiger partial charge on any atom is 0.508 e. The van der Waals surface area contributed by atoms with Gasteiger partial charge in [-0.2, -0.15) is 0 Å². The summed E-state index contributed by atoms with van der Waals surface area (Å²) in [6.07, 6.45) is 49.6. The molecule has 0 aromatic heterocycles. The van der Waals surface area contributed by atoms with Crippen LogP contribution >= 0.6 is 66.8 Å².